The second kappa shape index (κ2) is 6.19. The van der Waals surface area contributed by atoms with Crippen LogP contribution in [0.15, 0.2) is 41.6 Å². The number of rotatable bonds is 6. The first-order valence-electron chi connectivity index (χ1n) is 6.47. The second-order valence-corrected chi connectivity index (χ2v) is 6.52. The van der Waals surface area contributed by atoms with E-state index in [2.05, 4.69) is 9.82 Å². The van der Waals surface area contributed by atoms with Crippen LogP contribution in [-0.2, 0) is 23.5 Å². The van der Waals surface area contributed by atoms with Crippen LogP contribution in [0.4, 0.5) is 0 Å². The Hall–Kier alpha value is -1.99. The molecule has 112 valence electrons. The van der Waals surface area contributed by atoms with E-state index in [0.29, 0.717) is 12.0 Å². The zero-order valence-corrected chi connectivity index (χ0v) is 12.7. The van der Waals surface area contributed by atoms with E-state index in [1.807, 2.05) is 6.20 Å². The van der Waals surface area contributed by atoms with Crippen molar-refractivity contribution in [2.75, 3.05) is 6.54 Å². The predicted octanol–water partition coefficient (Wildman–Crippen LogP) is 1.14. The maximum atomic E-state index is 12.2. The van der Waals surface area contributed by atoms with Gasteiger partial charge in [-0.2, -0.15) is 5.10 Å². The van der Waals surface area contributed by atoms with Crippen LogP contribution in [-0.4, -0.2) is 30.5 Å². The Morgan fingerprint density at radius 3 is 2.76 bits per heavy atom. The topological polar surface area (TPSA) is 81.1 Å². The lowest BCUT2D eigenvalue weighted by Crippen LogP contribution is -2.26. The van der Waals surface area contributed by atoms with Gasteiger partial charge >= 0.3 is 0 Å². The highest BCUT2D eigenvalue weighted by Gasteiger charge is 2.14. The fourth-order valence-electron chi connectivity index (χ4n) is 1.90. The first kappa shape index (κ1) is 15.4. The molecule has 0 aliphatic heterocycles. The van der Waals surface area contributed by atoms with Crippen LogP contribution in [0.25, 0.3) is 0 Å². The second-order valence-electron chi connectivity index (χ2n) is 4.75. The van der Waals surface area contributed by atoms with Crippen molar-refractivity contribution in [3.05, 3.63) is 47.8 Å². The Bertz CT molecular complexity index is 750. The number of carbonyl (C=O) groups is 1. The number of carbonyl (C=O) groups excluding carboxylic acids is 1. The predicted molar refractivity (Wildman–Crippen MR) is 78.5 cm³/mol. The van der Waals surface area contributed by atoms with Crippen molar-refractivity contribution in [1.82, 2.24) is 14.5 Å². The Morgan fingerprint density at radius 2 is 2.14 bits per heavy atom. The van der Waals surface area contributed by atoms with Crippen LogP contribution in [0.2, 0.25) is 0 Å². The number of nitrogens with one attached hydrogen (secondary N) is 1. The molecule has 1 heterocycles. The molecular formula is C14H17N3O3S. The minimum atomic E-state index is -3.61. The van der Waals surface area contributed by atoms with Gasteiger partial charge in [0, 0.05) is 25.4 Å². The molecule has 0 bridgehead atoms. The molecule has 1 N–H and O–H groups in total. The number of benzene rings is 1. The Balaban J connectivity index is 2.04. The first-order valence-corrected chi connectivity index (χ1v) is 7.95. The minimum Gasteiger partial charge on any atom is -0.295 e. The highest BCUT2D eigenvalue weighted by molar-refractivity contribution is 7.89. The van der Waals surface area contributed by atoms with Crippen molar-refractivity contribution in [3.8, 4) is 0 Å². The van der Waals surface area contributed by atoms with Crippen LogP contribution in [0.5, 0.6) is 0 Å². The van der Waals surface area contributed by atoms with Gasteiger partial charge in [-0.3, -0.25) is 9.48 Å². The molecule has 0 saturated heterocycles. The lowest BCUT2D eigenvalue weighted by molar-refractivity contribution is 0.101. The average Bonchev–Trinajstić information content (AvgIpc) is 2.84. The first-order chi connectivity index (χ1) is 9.88. The number of sulfonamides is 1. The number of aromatic nitrogens is 2. The van der Waals surface area contributed by atoms with Gasteiger partial charge in [0.1, 0.15) is 0 Å². The van der Waals surface area contributed by atoms with Crippen LogP contribution in [0.3, 0.4) is 0 Å². The van der Waals surface area contributed by atoms with E-state index in [9.17, 15) is 13.2 Å². The van der Waals surface area contributed by atoms with E-state index in [4.69, 9.17) is 0 Å². The fraction of sp³-hybridized carbons (Fsp3) is 0.286. The van der Waals surface area contributed by atoms with Crippen molar-refractivity contribution < 1.29 is 13.2 Å². The summed E-state index contributed by atoms with van der Waals surface area (Å²) in [4.78, 5) is 11.4. The molecule has 21 heavy (non-hydrogen) atoms. The molecule has 7 heteroatoms. The molecule has 0 aliphatic carbocycles. The Kier molecular flexibility index (Phi) is 4.54. The number of Topliss-reactive ketones (excluding diaryl/α,β-unsaturated/α-hetero) is 1. The highest BCUT2D eigenvalue weighted by atomic mass is 32.2. The van der Waals surface area contributed by atoms with E-state index in [1.54, 1.807) is 30.1 Å². The van der Waals surface area contributed by atoms with Gasteiger partial charge in [-0.15, -0.1) is 0 Å². The maximum absolute atomic E-state index is 12.2. The number of hydrogen-bond acceptors (Lipinski definition) is 4. The third-order valence-electron chi connectivity index (χ3n) is 3.01. The lowest BCUT2D eigenvalue weighted by Gasteiger charge is -2.07. The van der Waals surface area contributed by atoms with Crippen molar-refractivity contribution in [2.24, 2.45) is 7.05 Å². The summed E-state index contributed by atoms with van der Waals surface area (Å²) in [5, 5.41) is 4.02. The molecule has 0 unspecified atom stereocenters. The van der Waals surface area contributed by atoms with Gasteiger partial charge in [0.2, 0.25) is 10.0 Å². The van der Waals surface area contributed by atoms with Gasteiger partial charge in [-0.25, -0.2) is 13.1 Å². The van der Waals surface area contributed by atoms with Crippen LogP contribution in [0, 0.1) is 0 Å². The van der Waals surface area contributed by atoms with Crippen LogP contribution < -0.4 is 4.72 Å². The average molecular weight is 307 g/mol. The summed E-state index contributed by atoms with van der Waals surface area (Å²) >= 11 is 0. The maximum Gasteiger partial charge on any atom is 0.240 e. The zero-order valence-electron chi connectivity index (χ0n) is 11.9. The molecule has 0 saturated carbocycles. The molecule has 0 amide bonds. The van der Waals surface area contributed by atoms with E-state index >= 15 is 0 Å². The van der Waals surface area contributed by atoms with E-state index < -0.39 is 10.0 Å². The molecule has 0 spiro atoms. The summed E-state index contributed by atoms with van der Waals surface area (Å²) in [5.74, 6) is -0.164. The van der Waals surface area contributed by atoms with E-state index in [0.717, 1.165) is 5.56 Å². The molecule has 0 aliphatic rings. The van der Waals surface area contributed by atoms with Gasteiger partial charge in [0.25, 0.3) is 0 Å². The molecule has 1 aromatic heterocycles. The lowest BCUT2D eigenvalue weighted by atomic mass is 10.2. The number of hydrogen-bond donors (Lipinski definition) is 1. The molecule has 2 aromatic rings. The van der Waals surface area contributed by atoms with Crippen molar-refractivity contribution >= 4 is 15.8 Å². The zero-order chi connectivity index (χ0) is 15.5. The normalized spacial score (nSPS) is 11.5. The van der Waals surface area contributed by atoms with Crippen molar-refractivity contribution in [3.63, 3.8) is 0 Å². The summed E-state index contributed by atoms with van der Waals surface area (Å²) in [6, 6.07) is 6.01. The van der Waals surface area contributed by atoms with Gasteiger partial charge in [-0.1, -0.05) is 12.1 Å². The monoisotopic (exact) mass is 307 g/mol. The smallest absolute Gasteiger partial charge is 0.240 e. The highest BCUT2D eigenvalue weighted by Crippen LogP contribution is 2.12. The molecular weight excluding hydrogens is 290 g/mol. The molecule has 1 aromatic carbocycles. The fourth-order valence-corrected chi connectivity index (χ4v) is 2.97. The summed E-state index contributed by atoms with van der Waals surface area (Å²) in [6.07, 6.45) is 4.09. The van der Waals surface area contributed by atoms with Crippen molar-refractivity contribution in [1.29, 1.82) is 0 Å². The largest absolute Gasteiger partial charge is 0.295 e. The number of nitrogens with zero attached hydrogens (tertiary/aromatic N) is 2. The Morgan fingerprint density at radius 1 is 1.38 bits per heavy atom. The van der Waals surface area contributed by atoms with Crippen LogP contribution in [0.1, 0.15) is 22.8 Å². The molecule has 0 radical (unpaired) electrons. The third kappa shape index (κ3) is 3.99. The van der Waals surface area contributed by atoms with Crippen molar-refractivity contribution in [2.45, 2.75) is 18.2 Å². The van der Waals surface area contributed by atoms with E-state index in [-0.39, 0.29) is 17.2 Å². The minimum absolute atomic E-state index is 0.0985. The summed E-state index contributed by atoms with van der Waals surface area (Å²) in [7, 11) is -1.80. The molecule has 0 fully saturated rings. The standard InChI is InChI=1S/C14H17N3O3S/c1-11(18)13-4-3-5-14(8-13)21(19,20)16-7-6-12-9-15-17(2)10-12/h3-5,8-10,16H,6-7H2,1-2H3. The van der Waals surface area contributed by atoms with E-state index in [1.165, 1.54) is 19.1 Å². The van der Waals surface area contributed by atoms with Gasteiger partial charge < -0.3 is 0 Å². The van der Waals surface area contributed by atoms with Gasteiger partial charge in [0.15, 0.2) is 5.78 Å². The number of ketones is 1. The SMILES string of the molecule is CC(=O)c1cccc(S(=O)(=O)NCCc2cnn(C)c2)c1. The molecule has 0 atom stereocenters. The summed E-state index contributed by atoms with van der Waals surface area (Å²) < 4.78 is 28.5. The molecule has 6 nitrogen and oxygen atoms in total. The summed E-state index contributed by atoms with van der Waals surface area (Å²) in [5.41, 5.74) is 1.34. The third-order valence-corrected chi connectivity index (χ3v) is 4.47. The Labute approximate surface area is 123 Å². The van der Waals surface area contributed by atoms with Gasteiger partial charge in [-0.05, 0) is 31.0 Å². The molecule has 2 rings (SSSR count). The number of aryl methyl sites for hydroxylation is 1. The quantitative estimate of drug-likeness (QED) is 0.812. The summed E-state index contributed by atoms with van der Waals surface area (Å²) in [6.45, 7) is 1.68. The van der Waals surface area contributed by atoms with Gasteiger partial charge in [0.05, 0.1) is 11.1 Å². The van der Waals surface area contributed by atoms with Crippen LogP contribution >= 0.6 is 0 Å².